The molecule has 0 radical (unpaired) electrons. The third-order valence-corrected chi connectivity index (χ3v) is 7.47. The Morgan fingerprint density at radius 1 is 1.17 bits per heavy atom. The highest BCUT2D eigenvalue weighted by molar-refractivity contribution is 7.22. The average Bonchev–Trinajstić information content (AvgIpc) is 3.29. The first-order chi connectivity index (χ1) is 14.6. The van der Waals surface area contributed by atoms with Crippen molar-refractivity contribution in [2.75, 3.05) is 18.9 Å². The van der Waals surface area contributed by atoms with Crippen LogP contribution in [0.25, 0.3) is 20.8 Å². The van der Waals surface area contributed by atoms with Gasteiger partial charge in [-0.25, -0.2) is 9.37 Å². The lowest BCUT2D eigenvalue weighted by molar-refractivity contribution is -0.115. The number of carbonyl (C=O) groups excluding carboxylic acids is 1. The number of thiophene rings is 1. The van der Waals surface area contributed by atoms with E-state index in [-0.39, 0.29) is 18.1 Å². The average molecular weight is 438 g/mol. The zero-order valence-corrected chi connectivity index (χ0v) is 18.1. The second-order valence-corrected chi connectivity index (χ2v) is 9.67. The maximum atomic E-state index is 13.2. The molecule has 2 aromatic carbocycles. The molecule has 0 unspecified atom stereocenters. The van der Waals surface area contributed by atoms with Gasteiger partial charge in [0.1, 0.15) is 15.8 Å². The quantitative estimate of drug-likeness (QED) is 0.469. The smallest absolute Gasteiger partial charge is 0.229 e. The van der Waals surface area contributed by atoms with Gasteiger partial charge in [0.25, 0.3) is 0 Å². The van der Waals surface area contributed by atoms with Crippen LogP contribution in [0.3, 0.4) is 0 Å². The van der Waals surface area contributed by atoms with E-state index in [1.54, 1.807) is 34.8 Å². The van der Waals surface area contributed by atoms with E-state index in [9.17, 15) is 9.18 Å². The number of hydrogen-bond donors (Lipinski definition) is 1. The lowest BCUT2D eigenvalue weighted by Gasteiger charge is -2.22. The number of thiazole rings is 1. The Kier molecular flexibility index (Phi) is 5.10. The van der Waals surface area contributed by atoms with Crippen LogP contribution in [0.5, 0.6) is 0 Å². The molecule has 5 rings (SSSR count). The van der Waals surface area contributed by atoms with Crippen LogP contribution in [0.1, 0.15) is 16.0 Å². The first-order valence-corrected chi connectivity index (χ1v) is 11.4. The molecule has 0 fully saturated rings. The van der Waals surface area contributed by atoms with Gasteiger partial charge in [-0.2, -0.15) is 0 Å². The standard InChI is InChI=1S/C23H20FN3OS2/c1-27-11-10-16-19(13-27)30-23(26-20(28)12-14-6-8-15(24)9-7-14)21(16)22-25-17-4-2-3-5-18(17)29-22/h2-9H,10-13H2,1H3,(H,26,28). The number of anilines is 1. The van der Waals surface area contributed by atoms with Crippen molar-refractivity contribution in [3.8, 4) is 10.6 Å². The zero-order valence-electron chi connectivity index (χ0n) is 16.4. The summed E-state index contributed by atoms with van der Waals surface area (Å²) >= 11 is 3.31. The summed E-state index contributed by atoms with van der Waals surface area (Å²) in [6.07, 6.45) is 1.16. The van der Waals surface area contributed by atoms with Crippen LogP contribution in [-0.2, 0) is 24.2 Å². The lowest BCUT2D eigenvalue weighted by atomic mass is 10.0. The molecule has 4 nitrogen and oxygen atoms in total. The monoisotopic (exact) mass is 437 g/mol. The predicted molar refractivity (Wildman–Crippen MR) is 122 cm³/mol. The minimum absolute atomic E-state index is 0.101. The molecular weight excluding hydrogens is 417 g/mol. The summed E-state index contributed by atoms with van der Waals surface area (Å²) in [5.74, 6) is -0.400. The fourth-order valence-corrected chi connectivity index (χ4v) is 6.24. The minimum atomic E-state index is -0.299. The van der Waals surface area contributed by atoms with Crippen LogP contribution in [0, 0.1) is 5.82 Å². The number of halogens is 1. The van der Waals surface area contributed by atoms with Crippen molar-refractivity contribution in [1.29, 1.82) is 0 Å². The van der Waals surface area contributed by atoms with Crippen LogP contribution in [0.15, 0.2) is 48.5 Å². The topological polar surface area (TPSA) is 45.2 Å². The second-order valence-electron chi connectivity index (χ2n) is 7.53. The number of benzene rings is 2. The molecule has 4 aromatic rings. The Hall–Kier alpha value is -2.61. The van der Waals surface area contributed by atoms with Crippen molar-refractivity contribution in [1.82, 2.24) is 9.88 Å². The molecule has 152 valence electrons. The number of amides is 1. The van der Waals surface area contributed by atoms with E-state index in [2.05, 4.69) is 23.3 Å². The third kappa shape index (κ3) is 3.76. The van der Waals surface area contributed by atoms with Crippen LogP contribution in [0.2, 0.25) is 0 Å². The molecule has 1 N–H and O–H groups in total. The number of hydrogen-bond acceptors (Lipinski definition) is 5. The van der Waals surface area contributed by atoms with Gasteiger partial charge in [0.15, 0.2) is 0 Å². The van der Waals surface area contributed by atoms with Crippen molar-refractivity contribution in [3.05, 3.63) is 70.4 Å². The highest BCUT2D eigenvalue weighted by Gasteiger charge is 2.26. The Bertz CT molecular complexity index is 1200. The SMILES string of the molecule is CN1CCc2c(sc(NC(=O)Cc3ccc(F)cc3)c2-c2nc3ccccc3s2)C1. The van der Waals surface area contributed by atoms with Crippen LogP contribution in [0.4, 0.5) is 9.39 Å². The number of nitrogens with zero attached hydrogens (tertiary/aromatic N) is 2. The first kappa shape index (κ1) is 19.4. The summed E-state index contributed by atoms with van der Waals surface area (Å²) in [5, 5.41) is 4.94. The number of para-hydroxylation sites is 1. The molecule has 0 saturated heterocycles. The molecular formula is C23H20FN3OS2. The zero-order chi connectivity index (χ0) is 20.7. The van der Waals surface area contributed by atoms with E-state index < -0.39 is 0 Å². The molecule has 1 aliphatic heterocycles. The van der Waals surface area contributed by atoms with Crippen LogP contribution >= 0.6 is 22.7 Å². The van der Waals surface area contributed by atoms with Gasteiger partial charge < -0.3 is 10.2 Å². The Morgan fingerprint density at radius 3 is 2.77 bits per heavy atom. The van der Waals surface area contributed by atoms with Gasteiger partial charge >= 0.3 is 0 Å². The summed E-state index contributed by atoms with van der Waals surface area (Å²) in [4.78, 5) is 21.2. The number of likely N-dealkylation sites (N-methyl/N-ethyl adjacent to an activating group) is 1. The summed E-state index contributed by atoms with van der Waals surface area (Å²) in [6, 6.07) is 14.2. The Morgan fingerprint density at radius 2 is 1.97 bits per heavy atom. The van der Waals surface area contributed by atoms with E-state index in [1.165, 1.54) is 22.6 Å². The second kappa shape index (κ2) is 7.91. The molecule has 3 heterocycles. The van der Waals surface area contributed by atoms with E-state index in [4.69, 9.17) is 4.98 Å². The van der Waals surface area contributed by atoms with Crippen molar-refractivity contribution >= 4 is 43.8 Å². The van der Waals surface area contributed by atoms with Gasteiger partial charge in [-0.3, -0.25) is 4.79 Å². The number of fused-ring (bicyclic) bond motifs is 2. The van der Waals surface area contributed by atoms with Gasteiger partial charge in [-0.15, -0.1) is 22.7 Å². The molecule has 0 aliphatic carbocycles. The summed E-state index contributed by atoms with van der Waals surface area (Å²) in [6.45, 7) is 1.87. The van der Waals surface area contributed by atoms with Crippen LogP contribution in [-0.4, -0.2) is 29.4 Å². The van der Waals surface area contributed by atoms with Gasteiger partial charge in [0.2, 0.25) is 5.91 Å². The molecule has 30 heavy (non-hydrogen) atoms. The number of carbonyl (C=O) groups is 1. The predicted octanol–water partition coefficient (Wildman–Crippen LogP) is 5.33. The third-order valence-electron chi connectivity index (χ3n) is 5.29. The van der Waals surface area contributed by atoms with E-state index in [0.29, 0.717) is 0 Å². The van der Waals surface area contributed by atoms with Crippen molar-refractivity contribution in [2.24, 2.45) is 0 Å². The van der Waals surface area contributed by atoms with Crippen molar-refractivity contribution < 1.29 is 9.18 Å². The largest absolute Gasteiger partial charge is 0.317 e. The highest BCUT2D eigenvalue weighted by Crippen LogP contribution is 2.45. The molecule has 0 spiro atoms. The minimum Gasteiger partial charge on any atom is -0.317 e. The lowest BCUT2D eigenvalue weighted by Crippen LogP contribution is -2.25. The maximum absolute atomic E-state index is 13.2. The van der Waals surface area contributed by atoms with Gasteiger partial charge in [-0.05, 0) is 48.9 Å². The number of aromatic nitrogens is 1. The summed E-state index contributed by atoms with van der Waals surface area (Å²) < 4.78 is 14.3. The highest BCUT2D eigenvalue weighted by atomic mass is 32.1. The molecule has 0 bridgehead atoms. The molecule has 0 saturated carbocycles. The number of rotatable bonds is 4. The summed E-state index contributed by atoms with van der Waals surface area (Å²) in [7, 11) is 2.12. The molecule has 1 amide bonds. The van der Waals surface area contributed by atoms with E-state index >= 15 is 0 Å². The summed E-state index contributed by atoms with van der Waals surface area (Å²) in [5.41, 5.74) is 4.14. The van der Waals surface area contributed by atoms with Gasteiger partial charge in [0, 0.05) is 23.5 Å². The normalized spacial score (nSPS) is 14.1. The van der Waals surface area contributed by atoms with E-state index in [0.717, 1.165) is 50.9 Å². The number of nitrogens with one attached hydrogen (secondary N) is 1. The Balaban J connectivity index is 1.50. The van der Waals surface area contributed by atoms with E-state index in [1.807, 2.05) is 18.2 Å². The fourth-order valence-electron chi connectivity index (χ4n) is 3.78. The molecule has 7 heteroatoms. The first-order valence-electron chi connectivity index (χ1n) is 9.80. The van der Waals surface area contributed by atoms with Crippen molar-refractivity contribution in [3.63, 3.8) is 0 Å². The Labute approximate surface area is 182 Å². The maximum Gasteiger partial charge on any atom is 0.229 e. The van der Waals surface area contributed by atoms with Gasteiger partial charge in [-0.1, -0.05) is 24.3 Å². The van der Waals surface area contributed by atoms with Crippen LogP contribution < -0.4 is 5.32 Å². The molecule has 1 aliphatic rings. The molecule has 0 atom stereocenters. The van der Waals surface area contributed by atoms with Crippen molar-refractivity contribution in [2.45, 2.75) is 19.4 Å². The fraction of sp³-hybridized carbons (Fsp3) is 0.217. The molecule has 2 aromatic heterocycles. The van der Waals surface area contributed by atoms with Gasteiger partial charge in [0.05, 0.1) is 16.6 Å².